The van der Waals surface area contributed by atoms with Crippen LogP contribution in [0.4, 0.5) is 0 Å². The third kappa shape index (κ3) is 9.23. The molecule has 0 saturated heterocycles. The van der Waals surface area contributed by atoms with Crippen molar-refractivity contribution in [2.45, 2.75) is 0 Å². The van der Waals surface area contributed by atoms with Gasteiger partial charge in [0.25, 0.3) is 11.5 Å². The van der Waals surface area contributed by atoms with Gasteiger partial charge in [0, 0.05) is 65.3 Å². The number of phenolic OH excluding ortho intramolecular Hbond substituents is 14. The van der Waals surface area contributed by atoms with Crippen LogP contribution in [0, 0.1) is 0 Å². The Hall–Kier alpha value is -15.7. The van der Waals surface area contributed by atoms with Crippen LogP contribution in [0.1, 0.15) is 0 Å². The quantitative estimate of drug-likeness (QED) is 0.0160. The Labute approximate surface area is 632 Å². The summed E-state index contributed by atoms with van der Waals surface area (Å²) in [5.41, 5.74) is 2.74. The van der Waals surface area contributed by atoms with E-state index in [4.69, 9.17) is 9.78 Å². The maximum atomic E-state index is 13.7. The van der Waals surface area contributed by atoms with Gasteiger partial charge in [0.15, 0.2) is 46.0 Å². The van der Waals surface area contributed by atoms with Crippen LogP contribution in [-0.4, -0.2) is 71.5 Å². The minimum atomic E-state index is -1.26. The molecule has 112 heavy (non-hydrogen) atoms. The fourth-order valence-electron chi connectivity index (χ4n) is 17.4. The van der Waals surface area contributed by atoms with Gasteiger partial charge in [-0.3, -0.25) is 9.78 Å². The van der Waals surface area contributed by atoms with E-state index in [0.717, 1.165) is 65.2 Å². The van der Waals surface area contributed by atoms with Gasteiger partial charge in [-0.25, -0.2) is 0 Å². The van der Waals surface area contributed by atoms with Crippen molar-refractivity contribution in [3.05, 3.63) is 267 Å². The van der Waals surface area contributed by atoms with E-state index in [1.54, 1.807) is 103 Å². The molecule has 0 heterocycles. The normalized spacial score (nSPS) is 11.9. The van der Waals surface area contributed by atoms with Gasteiger partial charge in [0.2, 0.25) is 34.5 Å². The van der Waals surface area contributed by atoms with Crippen molar-refractivity contribution in [2.75, 3.05) is 0 Å². The van der Waals surface area contributed by atoms with E-state index in [2.05, 4.69) is 6.07 Å². The largest absolute Gasteiger partial charge is 0.504 e. The molecule has 538 valence electrons. The highest BCUT2D eigenvalue weighted by atomic mass is 17.2. The number of benzene rings is 20. The Morgan fingerprint density at radius 2 is 0.455 bits per heavy atom. The van der Waals surface area contributed by atoms with E-state index in [0.29, 0.717) is 43.3 Å². The van der Waals surface area contributed by atoms with Crippen molar-refractivity contribution in [1.29, 1.82) is 0 Å². The summed E-state index contributed by atoms with van der Waals surface area (Å²) in [7, 11) is 0. The summed E-state index contributed by atoms with van der Waals surface area (Å²) in [5, 5.41) is 187. The smallest absolute Gasteiger partial charge is 0.266 e. The Kier molecular flexibility index (Phi) is 14.4. The van der Waals surface area contributed by atoms with Crippen molar-refractivity contribution in [2.24, 2.45) is 0 Å². The van der Waals surface area contributed by atoms with Crippen molar-refractivity contribution in [3.63, 3.8) is 0 Å². The van der Waals surface area contributed by atoms with E-state index >= 15 is 0 Å². The average Bonchev–Trinajstić information content (AvgIpc) is 0.693. The van der Waals surface area contributed by atoms with Gasteiger partial charge in [-0.15, -0.1) is 0 Å². The average molecular weight is 1470 g/mol. The van der Waals surface area contributed by atoms with Crippen LogP contribution in [0.15, 0.2) is 267 Å². The summed E-state index contributed by atoms with van der Waals surface area (Å²) in [6.45, 7) is 0. The Balaban J connectivity index is 0.880. The van der Waals surface area contributed by atoms with Gasteiger partial charge < -0.3 is 71.5 Å². The SMILES string of the molecule is Oc1c(O)c(O)c2c(-c3cccc4ccccc34)c3c(O)c(O)c(OOc4c(O)c(O)c5c(-c6cc7ccc8ccccc8c7c7ccccc67)c6c(O)c(O)c(O)c(O)c6c(-c6ccc(-c7ccccc7)c7ccccc67)c5c4O)c(O)c3c(-c3cccc(-c4cc5ccc6ccccc6c5c5ccccc45)c3)c2c1O. The van der Waals surface area contributed by atoms with Gasteiger partial charge in [-0.2, -0.15) is 0 Å². The van der Waals surface area contributed by atoms with Crippen LogP contribution in [0.2, 0.25) is 0 Å². The third-order valence-electron chi connectivity index (χ3n) is 22.3. The molecule has 0 aromatic heterocycles. The van der Waals surface area contributed by atoms with Crippen LogP contribution in [0.5, 0.6) is 92.0 Å². The van der Waals surface area contributed by atoms with Gasteiger partial charge in [0.1, 0.15) is 0 Å². The molecule has 0 saturated carbocycles. The summed E-state index contributed by atoms with van der Waals surface area (Å²) in [6.07, 6.45) is 0. The molecule has 0 atom stereocenters. The van der Waals surface area contributed by atoms with Crippen molar-refractivity contribution < 1.29 is 81.3 Å². The monoisotopic (exact) mass is 1470 g/mol. The maximum Gasteiger partial charge on any atom is 0.266 e. The highest BCUT2D eigenvalue weighted by molar-refractivity contribution is 6.35. The zero-order chi connectivity index (χ0) is 76.5. The highest BCUT2D eigenvalue weighted by Gasteiger charge is 2.38. The summed E-state index contributed by atoms with van der Waals surface area (Å²) < 4.78 is 0. The van der Waals surface area contributed by atoms with E-state index < -0.39 is 119 Å². The van der Waals surface area contributed by atoms with Crippen molar-refractivity contribution in [1.82, 2.24) is 0 Å². The summed E-state index contributed by atoms with van der Waals surface area (Å²) in [5.74, 6) is -17.6. The molecular weight excluding hydrogens is 1410 g/mol. The minimum absolute atomic E-state index is 0.141. The van der Waals surface area contributed by atoms with Crippen LogP contribution < -0.4 is 9.78 Å². The molecule has 0 fully saturated rings. The number of hydrogen-bond acceptors (Lipinski definition) is 16. The lowest BCUT2D eigenvalue weighted by Gasteiger charge is -2.25. The number of aromatic hydroxyl groups is 14. The predicted molar refractivity (Wildman–Crippen MR) is 440 cm³/mol. The summed E-state index contributed by atoms with van der Waals surface area (Å²) in [6, 6.07) is 81.7. The zero-order valence-electron chi connectivity index (χ0n) is 58.5. The Morgan fingerprint density at radius 1 is 0.152 bits per heavy atom. The maximum absolute atomic E-state index is 13.7. The molecule has 0 radical (unpaired) electrons. The molecule has 0 spiro atoms. The molecule has 14 N–H and O–H groups in total. The molecule has 0 aliphatic heterocycles. The molecule has 0 bridgehead atoms. The lowest BCUT2D eigenvalue weighted by Crippen LogP contribution is -2.04. The topological polar surface area (TPSA) is 302 Å². The van der Waals surface area contributed by atoms with Crippen LogP contribution in [0.25, 0.3) is 196 Å². The molecular formula is C96H58O16. The highest BCUT2D eigenvalue weighted by Crippen LogP contribution is 2.66. The Bertz CT molecular complexity index is 7620. The molecule has 0 aliphatic rings. The lowest BCUT2D eigenvalue weighted by atomic mass is 9.80. The van der Waals surface area contributed by atoms with Crippen molar-refractivity contribution >= 4 is 129 Å². The molecule has 20 rings (SSSR count). The first-order valence-corrected chi connectivity index (χ1v) is 35.8. The number of phenols is 14. The number of rotatable bonds is 9. The van der Waals surface area contributed by atoms with E-state index in [1.165, 1.54) is 0 Å². The fourth-order valence-corrected chi connectivity index (χ4v) is 17.4. The molecule has 16 nitrogen and oxygen atoms in total. The summed E-state index contributed by atoms with van der Waals surface area (Å²) in [4.78, 5) is 12.2. The molecule has 0 amide bonds. The van der Waals surface area contributed by atoms with Gasteiger partial charge >= 0.3 is 0 Å². The van der Waals surface area contributed by atoms with E-state index in [-0.39, 0.29) is 60.7 Å². The molecule has 16 heteroatoms. The standard InChI is InChI=1S/C96H58O16/c97-81-73-69(50-25-16-24-49(42-50)65-43-51-38-36-47-21-5-8-27-55(47)67(51)62-33-14-12-31-59(62)65)74-76(70(75(73)82(98)90(106)89(81)105)61-35-17-23-46-20-4-7-26-53(46)61)85(101)93(109)95(87(74)103)111-112-96-88(104)80-71(64-41-40-54(45-18-2-1-3-19-45)57-29-10-11-30-58(57)64)77-78(84(100)92(108)91(107)83(77)99)72(79(80)86(102)94(96)110)66-44-52-39-37-48-22-6-9-28-56(48)68(52)63-34-15-13-32-60(63)66/h1-44,97-110H. The Morgan fingerprint density at radius 3 is 0.955 bits per heavy atom. The van der Waals surface area contributed by atoms with Crippen LogP contribution >= 0.6 is 0 Å². The second kappa shape index (κ2) is 24.4. The second-order valence-corrected chi connectivity index (χ2v) is 28.1. The number of fused-ring (bicyclic) bond motifs is 16. The lowest BCUT2D eigenvalue weighted by molar-refractivity contribution is -0.106. The predicted octanol–water partition coefficient (Wildman–Crippen LogP) is 22.8. The van der Waals surface area contributed by atoms with Crippen molar-refractivity contribution in [3.8, 4) is 159 Å². The molecule has 0 aliphatic carbocycles. The molecule has 20 aromatic carbocycles. The zero-order valence-corrected chi connectivity index (χ0v) is 58.5. The molecule has 20 aromatic rings. The van der Waals surface area contributed by atoms with Crippen LogP contribution in [-0.2, 0) is 0 Å². The third-order valence-corrected chi connectivity index (χ3v) is 22.3. The number of hydrogen-bond donors (Lipinski definition) is 14. The van der Waals surface area contributed by atoms with E-state index in [1.807, 2.05) is 158 Å². The van der Waals surface area contributed by atoms with Crippen LogP contribution in [0.3, 0.4) is 0 Å². The van der Waals surface area contributed by atoms with Gasteiger partial charge in [-0.05, 0) is 149 Å². The summed E-state index contributed by atoms with van der Waals surface area (Å²) >= 11 is 0. The van der Waals surface area contributed by atoms with Gasteiger partial charge in [0.05, 0.1) is 0 Å². The van der Waals surface area contributed by atoms with Gasteiger partial charge in [-0.1, -0.05) is 249 Å². The minimum Gasteiger partial charge on any atom is -0.504 e. The first-order chi connectivity index (χ1) is 54.5. The van der Waals surface area contributed by atoms with E-state index in [9.17, 15) is 71.5 Å². The first-order valence-electron chi connectivity index (χ1n) is 35.8. The fraction of sp³-hybridized carbons (Fsp3) is 0. The molecule has 0 unspecified atom stereocenters. The first kappa shape index (κ1) is 65.8. The second-order valence-electron chi connectivity index (χ2n) is 28.1.